The Kier molecular flexibility index (Phi) is 4.40. The van der Waals surface area contributed by atoms with Crippen molar-refractivity contribution in [1.29, 1.82) is 0 Å². The molecule has 2 N–H and O–H groups in total. The van der Waals surface area contributed by atoms with Crippen LogP contribution in [-0.4, -0.2) is 24.6 Å². The van der Waals surface area contributed by atoms with Crippen LogP contribution in [0.25, 0.3) is 0 Å². The summed E-state index contributed by atoms with van der Waals surface area (Å²) >= 11 is 0. The highest BCUT2D eigenvalue weighted by Crippen LogP contribution is 2.26. The van der Waals surface area contributed by atoms with Crippen molar-refractivity contribution in [2.45, 2.75) is 39.3 Å². The molecule has 17 heavy (non-hydrogen) atoms. The zero-order chi connectivity index (χ0) is 13.1. The third-order valence-electron chi connectivity index (χ3n) is 3.61. The molecule has 0 amide bonds. The Bertz CT molecular complexity index is 374. The van der Waals surface area contributed by atoms with Crippen molar-refractivity contribution in [2.75, 3.05) is 19.9 Å². The van der Waals surface area contributed by atoms with Crippen molar-refractivity contribution in [3.8, 4) is 5.75 Å². The number of anilines is 1. The molecule has 0 aliphatic carbocycles. The van der Waals surface area contributed by atoms with E-state index in [0.717, 1.165) is 30.0 Å². The van der Waals surface area contributed by atoms with Crippen LogP contribution < -0.4 is 10.5 Å². The van der Waals surface area contributed by atoms with Crippen molar-refractivity contribution in [3.05, 3.63) is 23.8 Å². The fraction of sp³-hybridized carbons (Fsp3) is 0.571. The van der Waals surface area contributed by atoms with Crippen LogP contribution in [0.3, 0.4) is 0 Å². The molecule has 1 aromatic rings. The van der Waals surface area contributed by atoms with Crippen LogP contribution in [0, 0.1) is 0 Å². The van der Waals surface area contributed by atoms with E-state index in [1.54, 1.807) is 7.11 Å². The molecule has 0 spiro atoms. The van der Waals surface area contributed by atoms with E-state index in [1.807, 2.05) is 18.2 Å². The zero-order valence-electron chi connectivity index (χ0n) is 11.6. The standard InChI is InChI=1S/C14H24N2O/c1-6-14(2,3)16(4)10-11-9-12(15)7-8-13(11)17-5/h7-9H,6,10,15H2,1-5H3. The highest BCUT2D eigenvalue weighted by Gasteiger charge is 2.22. The Labute approximate surface area is 105 Å². The highest BCUT2D eigenvalue weighted by atomic mass is 16.5. The van der Waals surface area contributed by atoms with Gasteiger partial charge in [0.05, 0.1) is 7.11 Å². The summed E-state index contributed by atoms with van der Waals surface area (Å²) in [4.78, 5) is 2.32. The first kappa shape index (κ1) is 13.8. The lowest BCUT2D eigenvalue weighted by molar-refractivity contribution is 0.141. The number of benzene rings is 1. The molecule has 3 heteroatoms. The summed E-state index contributed by atoms with van der Waals surface area (Å²) in [5.74, 6) is 0.901. The van der Waals surface area contributed by atoms with Gasteiger partial charge < -0.3 is 10.5 Å². The van der Waals surface area contributed by atoms with Gasteiger partial charge in [0.15, 0.2) is 0 Å². The summed E-state index contributed by atoms with van der Waals surface area (Å²) in [5.41, 5.74) is 7.92. The van der Waals surface area contributed by atoms with Gasteiger partial charge in [0, 0.05) is 23.3 Å². The van der Waals surface area contributed by atoms with Crippen molar-refractivity contribution >= 4 is 5.69 Å². The molecule has 0 saturated carbocycles. The first-order chi connectivity index (χ1) is 7.90. The van der Waals surface area contributed by atoms with Crippen molar-refractivity contribution in [2.24, 2.45) is 0 Å². The van der Waals surface area contributed by atoms with Crippen LogP contribution in [0.1, 0.15) is 32.8 Å². The Morgan fingerprint density at radius 1 is 1.35 bits per heavy atom. The predicted molar refractivity (Wildman–Crippen MR) is 73.2 cm³/mol. The molecule has 3 nitrogen and oxygen atoms in total. The van der Waals surface area contributed by atoms with E-state index in [0.29, 0.717) is 0 Å². The number of methoxy groups -OCH3 is 1. The second-order valence-electron chi connectivity index (χ2n) is 5.09. The molecule has 0 atom stereocenters. The fourth-order valence-electron chi connectivity index (χ4n) is 1.66. The molecule has 0 aliphatic rings. The molecule has 0 saturated heterocycles. The maximum atomic E-state index is 5.83. The van der Waals surface area contributed by atoms with Crippen LogP contribution in [-0.2, 0) is 6.54 Å². The van der Waals surface area contributed by atoms with Crippen LogP contribution >= 0.6 is 0 Å². The average Bonchev–Trinajstić information content (AvgIpc) is 2.29. The van der Waals surface area contributed by atoms with Gasteiger partial charge >= 0.3 is 0 Å². The van der Waals surface area contributed by atoms with E-state index in [1.165, 1.54) is 0 Å². The summed E-state index contributed by atoms with van der Waals surface area (Å²) in [6.07, 6.45) is 1.11. The topological polar surface area (TPSA) is 38.5 Å². The highest BCUT2D eigenvalue weighted by molar-refractivity contribution is 5.47. The first-order valence-corrected chi connectivity index (χ1v) is 6.04. The Morgan fingerprint density at radius 3 is 2.53 bits per heavy atom. The molecule has 0 heterocycles. The van der Waals surface area contributed by atoms with Crippen LogP contribution in [0.5, 0.6) is 5.75 Å². The van der Waals surface area contributed by atoms with Crippen molar-refractivity contribution in [1.82, 2.24) is 4.90 Å². The molecular formula is C14H24N2O. The van der Waals surface area contributed by atoms with Gasteiger partial charge in [-0.15, -0.1) is 0 Å². The van der Waals surface area contributed by atoms with Gasteiger partial charge in [-0.25, -0.2) is 0 Å². The monoisotopic (exact) mass is 236 g/mol. The minimum Gasteiger partial charge on any atom is -0.496 e. The number of nitrogen functional groups attached to an aromatic ring is 1. The lowest BCUT2D eigenvalue weighted by Crippen LogP contribution is -2.39. The number of nitrogens with zero attached hydrogens (tertiary/aromatic N) is 1. The summed E-state index contributed by atoms with van der Waals surface area (Å²) in [6, 6.07) is 5.78. The van der Waals surface area contributed by atoms with Crippen molar-refractivity contribution in [3.63, 3.8) is 0 Å². The largest absolute Gasteiger partial charge is 0.496 e. The van der Waals surface area contributed by atoms with Gasteiger partial charge in [-0.1, -0.05) is 6.92 Å². The minimum absolute atomic E-state index is 0.176. The lowest BCUT2D eigenvalue weighted by Gasteiger charge is -2.35. The maximum Gasteiger partial charge on any atom is 0.123 e. The SMILES string of the molecule is CCC(C)(C)N(C)Cc1cc(N)ccc1OC. The van der Waals surface area contributed by atoms with Gasteiger partial charge in [-0.2, -0.15) is 0 Å². The van der Waals surface area contributed by atoms with Crippen LogP contribution in [0.15, 0.2) is 18.2 Å². The Morgan fingerprint density at radius 2 is 2.00 bits per heavy atom. The fourth-order valence-corrected chi connectivity index (χ4v) is 1.66. The van der Waals surface area contributed by atoms with E-state index in [-0.39, 0.29) is 5.54 Å². The first-order valence-electron chi connectivity index (χ1n) is 6.04. The number of rotatable bonds is 5. The molecule has 0 bridgehead atoms. The molecule has 0 aliphatic heterocycles. The molecule has 1 rings (SSSR count). The smallest absolute Gasteiger partial charge is 0.123 e. The normalized spacial score (nSPS) is 11.9. The predicted octanol–water partition coefficient (Wildman–Crippen LogP) is 2.90. The van der Waals surface area contributed by atoms with E-state index in [9.17, 15) is 0 Å². The maximum absolute atomic E-state index is 5.83. The zero-order valence-corrected chi connectivity index (χ0v) is 11.6. The quantitative estimate of drug-likeness (QED) is 0.799. The number of nitrogens with two attached hydrogens (primary N) is 1. The van der Waals surface area contributed by atoms with Gasteiger partial charge in [0.1, 0.15) is 5.75 Å². The Balaban J connectivity index is 2.91. The number of ether oxygens (including phenoxy) is 1. The third-order valence-corrected chi connectivity index (χ3v) is 3.61. The molecule has 0 aromatic heterocycles. The summed E-state index contributed by atoms with van der Waals surface area (Å²) in [6.45, 7) is 7.53. The second-order valence-corrected chi connectivity index (χ2v) is 5.09. The Hall–Kier alpha value is -1.22. The van der Waals surface area contributed by atoms with E-state index in [4.69, 9.17) is 10.5 Å². The van der Waals surface area contributed by atoms with Crippen molar-refractivity contribution < 1.29 is 4.74 Å². The number of hydrogen-bond acceptors (Lipinski definition) is 3. The molecule has 0 unspecified atom stereocenters. The molecule has 0 fully saturated rings. The molecular weight excluding hydrogens is 212 g/mol. The van der Waals surface area contributed by atoms with E-state index >= 15 is 0 Å². The van der Waals surface area contributed by atoms with Gasteiger partial charge in [-0.05, 0) is 45.5 Å². The van der Waals surface area contributed by atoms with Gasteiger partial charge in [-0.3, -0.25) is 4.90 Å². The van der Waals surface area contributed by atoms with Crippen LogP contribution in [0.4, 0.5) is 5.69 Å². The third kappa shape index (κ3) is 3.37. The average molecular weight is 236 g/mol. The molecule has 96 valence electrons. The molecule has 1 aromatic carbocycles. The summed E-state index contributed by atoms with van der Waals surface area (Å²) < 4.78 is 5.37. The van der Waals surface area contributed by atoms with E-state index < -0.39 is 0 Å². The van der Waals surface area contributed by atoms with E-state index in [2.05, 4.69) is 32.7 Å². The number of hydrogen-bond donors (Lipinski definition) is 1. The second kappa shape index (κ2) is 5.41. The molecule has 0 radical (unpaired) electrons. The minimum atomic E-state index is 0.176. The summed E-state index contributed by atoms with van der Waals surface area (Å²) in [5, 5.41) is 0. The lowest BCUT2D eigenvalue weighted by atomic mass is 9.99. The van der Waals surface area contributed by atoms with Gasteiger partial charge in [0.25, 0.3) is 0 Å². The van der Waals surface area contributed by atoms with Gasteiger partial charge in [0.2, 0.25) is 0 Å². The summed E-state index contributed by atoms with van der Waals surface area (Å²) in [7, 11) is 3.83. The van der Waals surface area contributed by atoms with Crippen LogP contribution in [0.2, 0.25) is 0 Å².